The molecule has 6 nitrogen and oxygen atoms in total. The number of carbonyl (C=O) groups excluding carboxylic acids is 1. The number of nitrogens with zero attached hydrogens (tertiary/aromatic N) is 1. The van der Waals surface area contributed by atoms with Crippen LogP contribution in [-0.4, -0.2) is 51.4 Å². The third-order valence-electron chi connectivity index (χ3n) is 4.79. The van der Waals surface area contributed by atoms with E-state index in [9.17, 15) is 13.2 Å². The Bertz CT molecular complexity index is 696. The van der Waals surface area contributed by atoms with E-state index in [1.165, 1.54) is 4.31 Å². The third kappa shape index (κ3) is 5.03. The minimum atomic E-state index is -3.48. The predicted molar refractivity (Wildman–Crippen MR) is 99.0 cm³/mol. The summed E-state index contributed by atoms with van der Waals surface area (Å²) in [6.45, 7) is 8.92. The van der Waals surface area contributed by atoms with Crippen molar-refractivity contribution in [3.63, 3.8) is 0 Å². The molecule has 2 rings (SSSR count). The summed E-state index contributed by atoms with van der Waals surface area (Å²) in [7, 11) is -3.48. The van der Waals surface area contributed by atoms with Gasteiger partial charge in [0.1, 0.15) is 0 Å². The SMILES string of the molecule is CCNCCNC(=O)C1CCN(S(=O)(=O)c2ccc(C)c(C)c2)CC1. The standard InChI is InChI=1S/C18H29N3O3S/c1-4-19-9-10-20-18(22)16-7-11-21(12-8-16)25(23,24)17-6-5-14(2)15(3)13-17/h5-6,13,16,19H,4,7-12H2,1-3H3,(H,20,22). The number of benzene rings is 1. The van der Waals surface area contributed by atoms with Gasteiger partial charge in [-0.05, 0) is 56.5 Å². The summed E-state index contributed by atoms with van der Waals surface area (Å²) in [4.78, 5) is 12.5. The lowest BCUT2D eigenvalue weighted by atomic mass is 9.97. The molecular formula is C18H29N3O3S. The lowest BCUT2D eigenvalue weighted by Gasteiger charge is -2.30. The molecule has 1 saturated heterocycles. The van der Waals surface area contributed by atoms with Crippen molar-refractivity contribution in [2.45, 2.75) is 38.5 Å². The van der Waals surface area contributed by atoms with E-state index in [1.54, 1.807) is 12.1 Å². The second-order valence-electron chi connectivity index (χ2n) is 6.57. The van der Waals surface area contributed by atoms with Crippen LogP contribution in [-0.2, 0) is 14.8 Å². The Morgan fingerprint density at radius 1 is 1.16 bits per heavy atom. The maximum atomic E-state index is 12.8. The number of sulfonamides is 1. The quantitative estimate of drug-likeness (QED) is 0.715. The number of aryl methyl sites for hydroxylation is 2. The second kappa shape index (κ2) is 8.78. The molecule has 1 aliphatic rings. The van der Waals surface area contributed by atoms with Gasteiger partial charge in [-0.1, -0.05) is 13.0 Å². The molecule has 7 heteroatoms. The highest BCUT2D eigenvalue weighted by molar-refractivity contribution is 7.89. The molecule has 140 valence electrons. The first-order valence-corrected chi connectivity index (χ1v) is 10.4. The molecule has 1 heterocycles. The largest absolute Gasteiger partial charge is 0.355 e. The monoisotopic (exact) mass is 367 g/mol. The minimum absolute atomic E-state index is 0.0288. The van der Waals surface area contributed by atoms with Crippen molar-refractivity contribution in [2.75, 3.05) is 32.7 Å². The number of amides is 1. The van der Waals surface area contributed by atoms with Gasteiger partial charge in [0.2, 0.25) is 15.9 Å². The van der Waals surface area contributed by atoms with E-state index in [1.807, 2.05) is 26.8 Å². The van der Waals surface area contributed by atoms with E-state index < -0.39 is 10.0 Å². The summed E-state index contributed by atoms with van der Waals surface area (Å²) in [5, 5.41) is 6.07. The zero-order valence-electron chi connectivity index (χ0n) is 15.3. The van der Waals surface area contributed by atoms with E-state index >= 15 is 0 Å². The molecule has 0 radical (unpaired) electrons. The normalized spacial score (nSPS) is 16.8. The van der Waals surface area contributed by atoms with Gasteiger partial charge < -0.3 is 10.6 Å². The zero-order valence-corrected chi connectivity index (χ0v) is 16.2. The summed E-state index contributed by atoms with van der Waals surface area (Å²) >= 11 is 0. The van der Waals surface area contributed by atoms with Crippen molar-refractivity contribution < 1.29 is 13.2 Å². The van der Waals surface area contributed by atoms with Gasteiger partial charge >= 0.3 is 0 Å². The Hall–Kier alpha value is -1.44. The third-order valence-corrected chi connectivity index (χ3v) is 6.69. The van der Waals surface area contributed by atoms with Gasteiger partial charge in [-0.2, -0.15) is 4.31 Å². The van der Waals surface area contributed by atoms with Crippen LogP contribution in [0, 0.1) is 19.8 Å². The van der Waals surface area contributed by atoms with Gasteiger partial charge in [-0.25, -0.2) is 8.42 Å². The van der Waals surface area contributed by atoms with Crippen molar-refractivity contribution in [1.82, 2.24) is 14.9 Å². The number of hydrogen-bond donors (Lipinski definition) is 2. The molecule has 1 amide bonds. The summed E-state index contributed by atoms with van der Waals surface area (Å²) in [6.07, 6.45) is 1.13. The fourth-order valence-corrected chi connectivity index (χ4v) is 4.53. The number of piperidine rings is 1. The van der Waals surface area contributed by atoms with E-state index in [0.717, 1.165) is 24.2 Å². The Morgan fingerprint density at radius 3 is 2.44 bits per heavy atom. The number of hydrogen-bond acceptors (Lipinski definition) is 4. The first-order valence-electron chi connectivity index (χ1n) is 8.92. The molecule has 0 aromatic heterocycles. The molecule has 0 saturated carbocycles. The van der Waals surface area contributed by atoms with Crippen molar-refractivity contribution in [1.29, 1.82) is 0 Å². The van der Waals surface area contributed by atoms with Crippen LogP contribution in [0.2, 0.25) is 0 Å². The minimum Gasteiger partial charge on any atom is -0.355 e. The first kappa shape index (κ1) is 19.9. The molecule has 25 heavy (non-hydrogen) atoms. The molecule has 1 aromatic carbocycles. The van der Waals surface area contributed by atoms with Gasteiger partial charge in [0.25, 0.3) is 0 Å². The zero-order chi connectivity index (χ0) is 18.4. The van der Waals surface area contributed by atoms with Gasteiger partial charge in [0.05, 0.1) is 4.90 Å². The van der Waals surface area contributed by atoms with Crippen molar-refractivity contribution in [3.05, 3.63) is 29.3 Å². The van der Waals surface area contributed by atoms with Crippen LogP contribution in [0.15, 0.2) is 23.1 Å². The highest BCUT2D eigenvalue weighted by Crippen LogP contribution is 2.25. The molecule has 0 spiro atoms. The fourth-order valence-electron chi connectivity index (χ4n) is 2.98. The van der Waals surface area contributed by atoms with Crippen LogP contribution in [0.3, 0.4) is 0 Å². The molecule has 0 unspecified atom stereocenters. The Kier molecular flexibility index (Phi) is 6.98. The summed E-state index contributed by atoms with van der Waals surface area (Å²) < 4.78 is 27.1. The molecule has 0 aliphatic carbocycles. The predicted octanol–water partition coefficient (Wildman–Crippen LogP) is 1.43. The van der Waals surface area contributed by atoms with Crippen molar-refractivity contribution in [3.8, 4) is 0 Å². The number of carbonyl (C=O) groups is 1. The first-order chi connectivity index (χ1) is 11.9. The van der Waals surface area contributed by atoms with E-state index in [-0.39, 0.29) is 11.8 Å². The maximum Gasteiger partial charge on any atom is 0.243 e. The highest BCUT2D eigenvalue weighted by atomic mass is 32.2. The van der Waals surface area contributed by atoms with Crippen LogP contribution >= 0.6 is 0 Å². The van der Waals surface area contributed by atoms with Gasteiger partial charge in [0, 0.05) is 32.1 Å². The average molecular weight is 368 g/mol. The molecule has 1 aromatic rings. The number of likely N-dealkylation sites (N-methyl/N-ethyl adjacent to an activating group) is 1. The topological polar surface area (TPSA) is 78.5 Å². The average Bonchev–Trinajstić information content (AvgIpc) is 2.61. The second-order valence-corrected chi connectivity index (χ2v) is 8.51. The summed E-state index contributed by atoms with van der Waals surface area (Å²) in [6, 6.07) is 5.23. The van der Waals surface area contributed by atoms with E-state index in [0.29, 0.717) is 37.4 Å². The van der Waals surface area contributed by atoms with Crippen LogP contribution in [0.4, 0.5) is 0 Å². The van der Waals surface area contributed by atoms with Crippen molar-refractivity contribution in [2.24, 2.45) is 5.92 Å². The highest BCUT2D eigenvalue weighted by Gasteiger charge is 2.32. The number of nitrogens with one attached hydrogen (secondary N) is 2. The Morgan fingerprint density at radius 2 is 1.84 bits per heavy atom. The van der Waals surface area contributed by atoms with E-state index in [4.69, 9.17) is 0 Å². The van der Waals surface area contributed by atoms with Crippen LogP contribution < -0.4 is 10.6 Å². The Labute approximate surface area is 151 Å². The van der Waals surface area contributed by atoms with Gasteiger partial charge in [0.15, 0.2) is 0 Å². The summed E-state index contributed by atoms with van der Waals surface area (Å²) in [5.74, 6) is -0.0750. The maximum absolute atomic E-state index is 12.8. The van der Waals surface area contributed by atoms with Crippen molar-refractivity contribution >= 4 is 15.9 Å². The van der Waals surface area contributed by atoms with Crippen LogP contribution in [0.5, 0.6) is 0 Å². The van der Waals surface area contributed by atoms with Crippen LogP contribution in [0.25, 0.3) is 0 Å². The lowest BCUT2D eigenvalue weighted by Crippen LogP contribution is -2.44. The Balaban J connectivity index is 1.92. The van der Waals surface area contributed by atoms with Gasteiger partial charge in [-0.3, -0.25) is 4.79 Å². The molecule has 0 bridgehead atoms. The van der Waals surface area contributed by atoms with Gasteiger partial charge in [-0.15, -0.1) is 0 Å². The smallest absolute Gasteiger partial charge is 0.243 e. The fraction of sp³-hybridized carbons (Fsp3) is 0.611. The molecule has 2 N–H and O–H groups in total. The summed E-state index contributed by atoms with van der Waals surface area (Å²) in [5.41, 5.74) is 2.04. The molecule has 0 atom stereocenters. The molecule has 1 aliphatic heterocycles. The number of rotatable bonds is 7. The molecular weight excluding hydrogens is 338 g/mol. The van der Waals surface area contributed by atoms with E-state index in [2.05, 4.69) is 10.6 Å². The van der Waals surface area contributed by atoms with Crippen LogP contribution in [0.1, 0.15) is 30.9 Å². The molecule has 1 fully saturated rings. The lowest BCUT2D eigenvalue weighted by molar-refractivity contribution is -0.126.